The van der Waals surface area contributed by atoms with Gasteiger partial charge in [-0.3, -0.25) is 0 Å². The summed E-state index contributed by atoms with van der Waals surface area (Å²) in [6.45, 7) is 5.65. The molecule has 1 aromatic heterocycles. The van der Waals surface area contributed by atoms with Crippen molar-refractivity contribution in [1.29, 1.82) is 0 Å². The SMILES string of the molecule is C=C(C)CC(O)c1cncn1C. The molecule has 3 heteroatoms. The van der Waals surface area contributed by atoms with E-state index >= 15 is 0 Å². The average Bonchev–Trinajstić information content (AvgIpc) is 2.33. The molecule has 3 nitrogen and oxygen atoms in total. The van der Waals surface area contributed by atoms with Crippen molar-refractivity contribution in [3.63, 3.8) is 0 Å². The van der Waals surface area contributed by atoms with Gasteiger partial charge in [0.05, 0.1) is 24.3 Å². The van der Waals surface area contributed by atoms with Crippen molar-refractivity contribution in [3.8, 4) is 0 Å². The van der Waals surface area contributed by atoms with Gasteiger partial charge in [-0.15, -0.1) is 6.58 Å². The highest BCUT2D eigenvalue weighted by atomic mass is 16.3. The minimum Gasteiger partial charge on any atom is -0.386 e. The third kappa shape index (κ3) is 1.95. The number of hydrogen-bond donors (Lipinski definition) is 1. The summed E-state index contributed by atoms with van der Waals surface area (Å²) < 4.78 is 1.81. The van der Waals surface area contributed by atoms with E-state index in [2.05, 4.69) is 11.6 Å². The van der Waals surface area contributed by atoms with Crippen molar-refractivity contribution >= 4 is 0 Å². The van der Waals surface area contributed by atoms with Gasteiger partial charge in [-0.05, 0) is 13.3 Å². The number of nitrogens with zero attached hydrogens (tertiary/aromatic N) is 2. The molecule has 66 valence electrons. The Balaban J connectivity index is 2.71. The summed E-state index contributed by atoms with van der Waals surface area (Å²) in [5, 5.41) is 9.64. The Hall–Kier alpha value is -1.09. The van der Waals surface area contributed by atoms with Crippen LogP contribution in [0, 0.1) is 0 Å². The van der Waals surface area contributed by atoms with Crippen LogP contribution in [0.1, 0.15) is 25.1 Å². The molecule has 1 unspecified atom stereocenters. The van der Waals surface area contributed by atoms with Crippen LogP contribution in [-0.4, -0.2) is 14.7 Å². The maximum absolute atomic E-state index is 9.64. The molecule has 0 aromatic carbocycles. The van der Waals surface area contributed by atoms with Crippen molar-refractivity contribution in [2.24, 2.45) is 7.05 Å². The lowest BCUT2D eigenvalue weighted by Gasteiger charge is -2.10. The lowest BCUT2D eigenvalue weighted by Crippen LogP contribution is -2.03. The largest absolute Gasteiger partial charge is 0.386 e. The van der Waals surface area contributed by atoms with Gasteiger partial charge in [0, 0.05) is 7.05 Å². The standard InChI is InChI=1S/C9H14N2O/c1-7(2)4-9(12)8-5-10-6-11(8)3/h5-6,9,12H,1,4H2,2-3H3. The highest BCUT2D eigenvalue weighted by Crippen LogP contribution is 2.18. The molecule has 0 spiro atoms. The molecular formula is C9H14N2O. The van der Waals surface area contributed by atoms with Crippen LogP contribution in [0.3, 0.4) is 0 Å². The Morgan fingerprint density at radius 3 is 2.92 bits per heavy atom. The summed E-state index contributed by atoms with van der Waals surface area (Å²) in [5.41, 5.74) is 1.81. The second-order valence-corrected chi connectivity index (χ2v) is 3.11. The molecular weight excluding hydrogens is 152 g/mol. The Kier molecular flexibility index (Phi) is 2.65. The summed E-state index contributed by atoms with van der Waals surface area (Å²) in [5.74, 6) is 0. The van der Waals surface area contributed by atoms with Gasteiger partial charge in [-0.1, -0.05) is 5.57 Å². The lowest BCUT2D eigenvalue weighted by atomic mass is 10.1. The Morgan fingerprint density at radius 1 is 1.83 bits per heavy atom. The van der Waals surface area contributed by atoms with E-state index in [0.29, 0.717) is 6.42 Å². The molecule has 0 bridgehead atoms. The van der Waals surface area contributed by atoms with Crippen molar-refractivity contribution in [2.75, 3.05) is 0 Å². The molecule has 12 heavy (non-hydrogen) atoms. The Morgan fingerprint density at radius 2 is 2.50 bits per heavy atom. The van der Waals surface area contributed by atoms with E-state index < -0.39 is 6.10 Å². The fraction of sp³-hybridized carbons (Fsp3) is 0.444. The smallest absolute Gasteiger partial charge is 0.0992 e. The number of rotatable bonds is 3. The second kappa shape index (κ2) is 3.54. The first kappa shape index (κ1) is 9.00. The van der Waals surface area contributed by atoms with Crippen LogP contribution in [0.25, 0.3) is 0 Å². The quantitative estimate of drug-likeness (QED) is 0.689. The van der Waals surface area contributed by atoms with Gasteiger partial charge >= 0.3 is 0 Å². The van der Waals surface area contributed by atoms with Crippen molar-refractivity contribution in [3.05, 3.63) is 30.4 Å². The van der Waals surface area contributed by atoms with E-state index in [0.717, 1.165) is 11.3 Å². The van der Waals surface area contributed by atoms with Gasteiger partial charge in [0.1, 0.15) is 0 Å². The molecule has 0 amide bonds. The number of hydrogen-bond acceptors (Lipinski definition) is 2. The predicted octanol–water partition coefficient (Wildman–Crippen LogP) is 1.42. The summed E-state index contributed by atoms with van der Waals surface area (Å²) in [6.07, 6.45) is 3.47. The molecule has 0 aliphatic heterocycles. The highest BCUT2D eigenvalue weighted by molar-refractivity contribution is 5.06. The maximum Gasteiger partial charge on any atom is 0.0992 e. The van der Waals surface area contributed by atoms with Crippen molar-refractivity contribution in [1.82, 2.24) is 9.55 Å². The van der Waals surface area contributed by atoms with Crippen molar-refractivity contribution in [2.45, 2.75) is 19.4 Å². The van der Waals surface area contributed by atoms with E-state index in [1.165, 1.54) is 0 Å². The average molecular weight is 166 g/mol. The second-order valence-electron chi connectivity index (χ2n) is 3.11. The zero-order chi connectivity index (χ0) is 9.14. The Bertz CT molecular complexity index is 278. The summed E-state index contributed by atoms with van der Waals surface area (Å²) in [4.78, 5) is 3.92. The molecule has 0 fully saturated rings. The number of aliphatic hydroxyl groups excluding tert-OH is 1. The normalized spacial score (nSPS) is 12.9. The fourth-order valence-electron chi connectivity index (χ4n) is 1.12. The third-order valence-electron chi connectivity index (χ3n) is 1.74. The molecule has 1 rings (SSSR count). The zero-order valence-electron chi connectivity index (χ0n) is 7.49. The monoisotopic (exact) mass is 166 g/mol. The minimum absolute atomic E-state index is 0.477. The van der Waals surface area contributed by atoms with E-state index in [1.54, 1.807) is 12.5 Å². The summed E-state index contributed by atoms with van der Waals surface area (Å²) in [7, 11) is 1.87. The third-order valence-corrected chi connectivity index (χ3v) is 1.74. The summed E-state index contributed by atoms with van der Waals surface area (Å²) >= 11 is 0. The van der Waals surface area contributed by atoms with Gasteiger partial charge in [0.15, 0.2) is 0 Å². The number of aliphatic hydroxyl groups is 1. The predicted molar refractivity (Wildman–Crippen MR) is 47.6 cm³/mol. The lowest BCUT2D eigenvalue weighted by molar-refractivity contribution is 0.170. The van der Waals surface area contributed by atoms with Crippen LogP contribution in [0.15, 0.2) is 24.7 Å². The van der Waals surface area contributed by atoms with Gasteiger partial charge < -0.3 is 9.67 Å². The van der Waals surface area contributed by atoms with Crippen LogP contribution in [0.5, 0.6) is 0 Å². The molecule has 0 aliphatic carbocycles. The molecule has 1 heterocycles. The fourth-order valence-corrected chi connectivity index (χ4v) is 1.12. The molecule has 1 aromatic rings. The van der Waals surface area contributed by atoms with Crippen LogP contribution in [-0.2, 0) is 7.05 Å². The first-order valence-corrected chi connectivity index (χ1v) is 3.90. The maximum atomic E-state index is 9.64. The first-order chi connectivity index (χ1) is 5.61. The molecule has 1 N–H and O–H groups in total. The molecule has 0 radical (unpaired) electrons. The molecule has 0 saturated carbocycles. The minimum atomic E-state index is -0.477. The zero-order valence-corrected chi connectivity index (χ0v) is 7.49. The highest BCUT2D eigenvalue weighted by Gasteiger charge is 2.10. The van der Waals surface area contributed by atoms with Gasteiger partial charge in [0.2, 0.25) is 0 Å². The van der Waals surface area contributed by atoms with Gasteiger partial charge in [-0.2, -0.15) is 0 Å². The van der Waals surface area contributed by atoms with Crippen LogP contribution in [0.2, 0.25) is 0 Å². The van der Waals surface area contributed by atoms with Gasteiger partial charge in [-0.25, -0.2) is 4.98 Å². The molecule has 1 atom stereocenters. The molecule has 0 saturated heterocycles. The topological polar surface area (TPSA) is 38.1 Å². The number of aromatic nitrogens is 2. The molecule has 0 aliphatic rings. The van der Waals surface area contributed by atoms with E-state index in [1.807, 2.05) is 18.5 Å². The van der Waals surface area contributed by atoms with Gasteiger partial charge in [0.25, 0.3) is 0 Å². The van der Waals surface area contributed by atoms with Crippen LogP contribution in [0.4, 0.5) is 0 Å². The van der Waals surface area contributed by atoms with Crippen molar-refractivity contribution < 1.29 is 5.11 Å². The van der Waals surface area contributed by atoms with E-state index in [4.69, 9.17) is 0 Å². The number of aryl methyl sites for hydroxylation is 1. The number of imidazole rings is 1. The van der Waals surface area contributed by atoms with E-state index in [9.17, 15) is 5.11 Å². The van der Waals surface area contributed by atoms with Crippen LogP contribution < -0.4 is 0 Å². The Labute approximate surface area is 72.4 Å². The van der Waals surface area contributed by atoms with Crippen LogP contribution >= 0.6 is 0 Å². The summed E-state index contributed by atoms with van der Waals surface area (Å²) in [6, 6.07) is 0. The van der Waals surface area contributed by atoms with E-state index in [-0.39, 0.29) is 0 Å². The first-order valence-electron chi connectivity index (χ1n) is 3.90.